The van der Waals surface area contributed by atoms with Gasteiger partial charge in [-0.05, 0) is 31.2 Å². The fourth-order valence-electron chi connectivity index (χ4n) is 2.43. The molecule has 4 nitrogen and oxygen atoms in total. The lowest BCUT2D eigenvalue weighted by Crippen LogP contribution is -2.44. The van der Waals surface area contributed by atoms with Crippen LogP contribution in [0.4, 0.5) is 13.2 Å². The lowest BCUT2D eigenvalue weighted by atomic mass is 10.2. The first kappa shape index (κ1) is 19.1. The molecule has 1 saturated heterocycles. The van der Waals surface area contributed by atoms with Crippen LogP contribution in [0.2, 0.25) is 0 Å². The van der Waals surface area contributed by atoms with Gasteiger partial charge in [-0.2, -0.15) is 13.2 Å². The van der Waals surface area contributed by atoms with Gasteiger partial charge in [0.25, 0.3) is 0 Å². The summed E-state index contributed by atoms with van der Waals surface area (Å²) in [6, 6.07) is 5.04. The molecule has 0 atom stereocenters. The first-order chi connectivity index (χ1) is 11.4. The number of nitrogens with zero attached hydrogens (tertiary/aromatic N) is 1. The van der Waals surface area contributed by atoms with Crippen molar-refractivity contribution in [2.24, 2.45) is 0 Å². The second-order valence-corrected chi connectivity index (χ2v) is 6.66. The average Bonchev–Trinajstić information content (AvgIpc) is 2.57. The second kappa shape index (κ2) is 9.29. The quantitative estimate of drug-likeness (QED) is 0.577. The van der Waals surface area contributed by atoms with Gasteiger partial charge in [-0.1, -0.05) is 6.07 Å². The summed E-state index contributed by atoms with van der Waals surface area (Å²) in [6.45, 7) is 5.59. The summed E-state index contributed by atoms with van der Waals surface area (Å²) in [5, 5.41) is 6.10. The van der Waals surface area contributed by atoms with Crippen LogP contribution in [0.25, 0.3) is 0 Å². The summed E-state index contributed by atoms with van der Waals surface area (Å²) in [5.74, 6) is -0.0349. The molecule has 1 fully saturated rings. The fourth-order valence-corrected chi connectivity index (χ4v) is 3.21. The fraction of sp³-hybridized carbons (Fsp3) is 0.562. The molecule has 0 spiro atoms. The van der Waals surface area contributed by atoms with E-state index in [2.05, 4.69) is 15.5 Å². The normalized spacial score (nSPS) is 16.1. The zero-order valence-corrected chi connectivity index (χ0v) is 14.2. The number of benzene rings is 1. The van der Waals surface area contributed by atoms with Crippen LogP contribution < -0.4 is 10.6 Å². The van der Waals surface area contributed by atoms with Crippen LogP contribution in [0.5, 0.6) is 0 Å². The molecule has 134 valence electrons. The summed E-state index contributed by atoms with van der Waals surface area (Å²) in [6.07, 6.45) is -3.48. The predicted octanol–water partition coefficient (Wildman–Crippen LogP) is 2.21. The van der Waals surface area contributed by atoms with E-state index in [0.717, 1.165) is 63.0 Å². The Labute approximate surface area is 144 Å². The minimum absolute atomic E-state index is 0.120. The minimum Gasteiger partial charge on any atom is -0.355 e. The topological polar surface area (TPSA) is 44.4 Å². The van der Waals surface area contributed by atoms with Crippen molar-refractivity contribution in [2.75, 3.05) is 45.0 Å². The molecule has 8 heteroatoms. The summed E-state index contributed by atoms with van der Waals surface area (Å²) in [7, 11) is 0. The SMILES string of the molecule is O=C(CSc1cccc(C(F)(F)F)c1)NCCCN1CCNCC1. The number of halogens is 3. The Bertz CT molecular complexity index is 534. The highest BCUT2D eigenvalue weighted by molar-refractivity contribution is 8.00. The van der Waals surface area contributed by atoms with Crippen molar-refractivity contribution in [2.45, 2.75) is 17.5 Å². The van der Waals surface area contributed by atoms with E-state index in [9.17, 15) is 18.0 Å². The summed E-state index contributed by atoms with van der Waals surface area (Å²) in [4.78, 5) is 14.6. The lowest BCUT2D eigenvalue weighted by molar-refractivity contribution is -0.137. The third kappa shape index (κ3) is 6.70. The van der Waals surface area contributed by atoms with Crippen LogP contribution in [0.15, 0.2) is 29.2 Å². The Morgan fingerprint density at radius 1 is 1.29 bits per heavy atom. The third-order valence-electron chi connectivity index (χ3n) is 3.71. The van der Waals surface area contributed by atoms with Gasteiger partial charge in [0.15, 0.2) is 0 Å². The molecule has 2 rings (SSSR count). The smallest absolute Gasteiger partial charge is 0.355 e. The van der Waals surface area contributed by atoms with Gasteiger partial charge < -0.3 is 15.5 Å². The first-order valence-electron chi connectivity index (χ1n) is 7.95. The monoisotopic (exact) mass is 361 g/mol. The molecule has 0 radical (unpaired) electrons. The molecule has 0 aromatic heterocycles. The molecular weight excluding hydrogens is 339 g/mol. The van der Waals surface area contributed by atoms with E-state index in [1.165, 1.54) is 6.07 Å². The first-order valence-corrected chi connectivity index (χ1v) is 8.93. The summed E-state index contributed by atoms with van der Waals surface area (Å²) >= 11 is 1.11. The largest absolute Gasteiger partial charge is 0.416 e. The van der Waals surface area contributed by atoms with Crippen molar-refractivity contribution < 1.29 is 18.0 Å². The van der Waals surface area contributed by atoms with Crippen molar-refractivity contribution in [3.63, 3.8) is 0 Å². The molecule has 1 aromatic carbocycles. The number of piperazine rings is 1. The number of nitrogens with one attached hydrogen (secondary N) is 2. The van der Waals surface area contributed by atoms with Crippen molar-refractivity contribution in [3.05, 3.63) is 29.8 Å². The number of carbonyl (C=O) groups excluding carboxylic acids is 1. The van der Waals surface area contributed by atoms with E-state index in [1.54, 1.807) is 6.07 Å². The number of carbonyl (C=O) groups is 1. The molecule has 1 amide bonds. The van der Waals surface area contributed by atoms with Crippen molar-refractivity contribution in [1.29, 1.82) is 0 Å². The highest BCUT2D eigenvalue weighted by Crippen LogP contribution is 2.31. The molecule has 0 aliphatic carbocycles. The average molecular weight is 361 g/mol. The van der Waals surface area contributed by atoms with Crippen LogP contribution in [-0.2, 0) is 11.0 Å². The molecule has 2 N–H and O–H groups in total. The second-order valence-electron chi connectivity index (χ2n) is 5.61. The third-order valence-corrected chi connectivity index (χ3v) is 4.71. The van der Waals surface area contributed by atoms with E-state index < -0.39 is 11.7 Å². The van der Waals surface area contributed by atoms with Crippen molar-refractivity contribution in [1.82, 2.24) is 15.5 Å². The van der Waals surface area contributed by atoms with Gasteiger partial charge in [-0.15, -0.1) is 11.8 Å². The maximum Gasteiger partial charge on any atom is 0.416 e. The molecule has 0 saturated carbocycles. The van der Waals surface area contributed by atoms with Gasteiger partial charge in [0.2, 0.25) is 5.91 Å². The minimum atomic E-state index is -4.36. The van der Waals surface area contributed by atoms with E-state index in [4.69, 9.17) is 0 Å². The van der Waals surface area contributed by atoms with Gasteiger partial charge in [-0.3, -0.25) is 4.79 Å². The number of thioether (sulfide) groups is 1. The zero-order valence-electron chi connectivity index (χ0n) is 13.4. The molecule has 1 aliphatic heterocycles. The van der Waals surface area contributed by atoms with Gasteiger partial charge in [0, 0.05) is 37.6 Å². The molecule has 24 heavy (non-hydrogen) atoms. The van der Waals surface area contributed by atoms with Crippen molar-refractivity contribution >= 4 is 17.7 Å². The Morgan fingerprint density at radius 3 is 2.75 bits per heavy atom. The number of amides is 1. The van der Waals surface area contributed by atoms with E-state index >= 15 is 0 Å². The van der Waals surface area contributed by atoms with Gasteiger partial charge in [0.1, 0.15) is 0 Å². The van der Waals surface area contributed by atoms with Gasteiger partial charge in [-0.25, -0.2) is 0 Å². The maximum absolute atomic E-state index is 12.6. The molecule has 1 aromatic rings. The van der Waals surface area contributed by atoms with Crippen LogP contribution in [0, 0.1) is 0 Å². The number of hydrogen-bond acceptors (Lipinski definition) is 4. The van der Waals surface area contributed by atoms with Crippen molar-refractivity contribution in [3.8, 4) is 0 Å². The lowest BCUT2D eigenvalue weighted by Gasteiger charge is -2.27. The van der Waals surface area contributed by atoms with E-state index in [0.29, 0.717) is 11.4 Å². The Balaban J connectivity index is 1.64. The number of rotatable bonds is 7. The molecule has 0 unspecified atom stereocenters. The van der Waals surface area contributed by atoms with Crippen LogP contribution in [-0.4, -0.2) is 55.8 Å². The van der Waals surface area contributed by atoms with Crippen LogP contribution in [0.3, 0.4) is 0 Å². The highest BCUT2D eigenvalue weighted by atomic mass is 32.2. The Kier molecular flexibility index (Phi) is 7.39. The maximum atomic E-state index is 12.6. The van der Waals surface area contributed by atoms with Crippen LogP contribution >= 0.6 is 11.8 Å². The standard InChI is InChI=1S/C16H22F3N3OS/c17-16(18,19)13-3-1-4-14(11-13)24-12-15(23)21-5-2-8-22-9-6-20-7-10-22/h1,3-4,11,20H,2,5-10,12H2,(H,21,23). The Hall–Kier alpha value is -1.25. The molecule has 0 bridgehead atoms. The van der Waals surface area contributed by atoms with Gasteiger partial charge in [0.05, 0.1) is 11.3 Å². The highest BCUT2D eigenvalue weighted by Gasteiger charge is 2.30. The van der Waals surface area contributed by atoms with E-state index in [1.807, 2.05) is 0 Å². The number of hydrogen-bond donors (Lipinski definition) is 2. The summed E-state index contributed by atoms with van der Waals surface area (Å²) in [5.41, 5.74) is -0.691. The number of alkyl halides is 3. The molecule has 1 heterocycles. The van der Waals surface area contributed by atoms with Gasteiger partial charge >= 0.3 is 6.18 Å². The molecular formula is C16H22F3N3OS. The van der Waals surface area contributed by atoms with Crippen LogP contribution in [0.1, 0.15) is 12.0 Å². The molecule has 1 aliphatic rings. The summed E-state index contributed by atoms with van der Waals surface area (Å²) < 4.78 is 37.9. The predicted molar refractivity (Wildman–Crippen MR) is 89.1 cm³/mol. The Morgan fingerprint density at radius 2 is 2.04 bits per heavy atom. The van der Waals surface area contributed by atoms with E-state index in [-0.39, 0.29) is 11.7 Å². The zero-order chi connectivity index (χ0) is 17.4.